The van der Waals surface area contributed by atoms with Crippen LogP contribution in [0.15, 0.2) is 77.4 Å². The number of hydrogen-bond acceptors (Lipinski definition) is 6. The Morgan fingerprint density at radius 2 is 1.66 bits per heavy atom. The lowest BCUT2D eigenvalue weighted by Crippen LogP contribution is -2.45. The zero-order valence-electron chi connectivity index (χ0n) is 35.7. The van der Waals surface area contributed by atoms with Crippen molar-refractivity contribution >= 4 is 28.6 Å². The van der Waals surface area contributed by atoms with Gasteiger partial charge in [0.25, 0.3) is 0 Å². The number of carbonyl (C=O) groups excluding carboxylic acids is 2. The Morgan fingerprint density at radius 3 is 2.28 bits per heavy atom. The summed E-state index contributed by atoms with van der Waals surface area (Å²) >= 11 is 0. The smallest absolute Gasteiger partial charge is 0.330 e. The minimum Gasteiger partial charge on any atom is -0.462 e. The fourth-order valence-electron chi connectivity index (χ4n) is 5.73. The molecule has 1 heterocycles. The third kappa shape index (κ3) is 17.7. The van der Waals surface area contributed by atoms with E-state index < -0.39 is 28.8 Å². The van der Waals surface area contributed by atoms with E-state index in [1.54, 1.807) is 6.08 Å². The lowest BCUT2D eigenvalue weighted by Gasteiger charge is -2.40. The number of carbonyl (C=O) groups is 2. The summed E-state index contributed by atoms with van der Waals surface area (Å²) in [6.07, 6.45) is 15.9. The molecule has 0 saturated carbocycles. The average Bonchev–Trinajstić information content (AvgIpc) is 3.04. The SMILES string of the molecule is CCC(=O)O[C@H](CC/C(C)=C/Cc1ccccc1)C[C@H]1C[C@H](O[Si](C)(C)C(C)(C)C)C/C(C)=C/C/C=C/C/C(CCO[Si](C)(C)C(C)(C)C)=C\C(=O)O1. The van der Waals surface area contributed by atoms with E-state index in [0.717, 1.165) is 31.3 Å². The number of cyclic esters (lactones) is 1. The first-order valence-corrected chi connectivity index (χ1v) is 25.8. The zero-order valence-corrected chi connectivity index (χ0v) is 37.7. The Kier molecular flexibility index (Phi) is 18.9. The van der Waals surface area contributed by atoms with Gasteiger partial charge in [-0.15, -0.1) is 0 Å². The Bertz CT molecular complexity index is 1410. The van der Waals surface area contributed by atoms with Gasteiger partial charge >= 0.3 is 11.9 Å². The van der Waals surface area contributed by atoms with Crippen molar-refractivity contribution in [3.8, 4) is 0 Å². The van der Waals surface area contributed by atoms with Crippen LogP contribution in [0.3, 0.4) is 0 Å². The first kappa shape index (κ1) is 46.6. The number of ether oxygens (including phenoxy) is 2. The second-order valence-electron chi connectivity index (χ2n) is 18.1. The van der Waals surface area contributed by atoms with Crippen LogP contribution >= 0.6 is 0 Å². The van der Waals surface area contributed by atoms with Crippen LogP contribution in [-0.2, 0) is 34.3 Å². The highest BCUT2D eigenvalue weighted by atomic mass is 28.4. The summed E-state index contributed by atoms with van der Waals surface area (Å²) in [5.74, 6) is -0.600. The van der Waals surface area contributed by atoms with E-state index in [-0.39, 0.29) is 28.1 Å². The molecule has 53 heavy (non-hydrogen) atoms. The van der Waals surface area contributed by atoms with Gasteiger partial charge in [-0.25, -0.2) is 4.79 Å². The third-order valence-electron chi connectivity index (χ3n) is 11.3. The molecular weight excluding hydrogens is 693 g/mol. The first-order chi connectivity index (χ1) is 24.6. The molecule has 1 aliphatic heterocycles. The van der Waals surface area contributed by atoms with Gasteiger partial charge in [0.2, 0.25) is 0 Å². The van der Waals surface area contributed by atoms with E-state index in [0.29, 0.717) is 45.1 Å². The highest BCUT2D eigenvalue weighted by Crippen LogP contribution is 2.39. The number of rotatable bonds is 15. The quantitative estimate of drug-likeness (QED) is 0.101. The fraction of sp³-hybridized carbons (Fsp3) is 0.644. The van der Waals surface area contributed by atoms with Crippen molar-refractivity contribution in [2.45, 2.75) is 181 Å². The molecule has 0 aliphatic carbocycles. The molecule has 0 spiro atoms. The van der Waals surface area contributed by atoms with Crippen molar-refractivity contribution in [2.75, 3.05) is 6.61 Å². The molecule has 0 bridgehead atoms. The molecule has 8 heteroatoms. The lowest BCUT2D eigenvalue weighted by atomic mass is 9.96. The van der Waals surface area contributed by atoms with Crippen LogP contribution in [0.4, 0.5) is 0 Å². The molecular formula is C45H74O6Si2. The van der Waals surface area contributed by atoms with Crippen molar-refractivity contribution in [1.29, 1.82) is 0 Å². The lowest BCUT2D eigenvalue weighted by molar-refractivity contribution is -0.154. The van der Waals surface area contributed by atoms with Crippen LogP contribution in [-0.4, -0.2) is 53.5 Å². The first-order valence-electron chi connectivity index (χ1n) is 20.0. The fourth-order valence-corrected chi connectivity index (χ4v) is 8.14. The van der Waals surface area contributed by atoms with Gasteiger partial charge in [-0.3, -0.25) is 4.79 Å². The van der Waals surface area contributed by atoms with Crippen molar-refractivity contribution in [2.24, 2.45) is 0 Å². The molecule has 3 atom stereocenters. The molecule has 1 aromatic carbocycles. The van der Waals surface area contributed by atoms with E-state index in [9.17, 15) is 9.59 Å². The van der Waals surface area contributed by atoms with Crippen molar-refractivity contribution < 1.29 is 27.9 Å². The van der Waals surface area contributed by atoms with Crippen LogP contribution in [0.2, 0.25) is 36.3 Å². The minimum absolute atomic E-state index is 0.0194. The van der Waals surface area contributed by atoms with Crippen molar-refractivity contribution in [3.05, 3.63) is 83.0 Å². The number of benzene rings is 1. The average molecular weight is 767 g/mol. The normalized spacial score (nSPS) is 22.1. The molecule has 6 nitrogen and oxygen atoms in total. The van der Waals surface area contributed by atoms with Gasteiger partial charge in [0, 0.05) is 31.9 Å². The van der Waals surface area contributed by atoms with Crippen LogP contribution in [0, 0.1) is 0 Å². The topological polar surface area (TPSA) is 71.1 Å². The summed E-state index contributed by atoms with van der Waals surface area (Å²) < 4.78 is 26.0. The summed E-state index contributed by atoms with van der Waals surface area (Å²) in [6, 6.07) is 10.4. The summed E-state index contributed by atoms with van der Waals surface area (Å²) in [5, 5.41) is 0.128. The van der Waals surface area contributed by atoms with Gasteiger partial charge in [0.1, 0.15) is 12.2 Å². The largest absolute Gasteiger partial charge is 0.462 e. The summed E-state index contributed by atoms with van der Waals surface area (Å²) in [7, 11) is -4.10. The predicted octanol–water partition coefficient (Wildman–Crippen LogP) is 12.4. The van der Waals surface area contributed by atoms with E-state index in [1.807, 2.05) is 13.0 Å². The number of hydrogen-bond donors (Lipinski definition) is 0. The summed E-state index contributed by atoms with van der Waals surface area (Å²) in [5.41, 5.74) is 4.75. The predicted molar refractivity (Wildman–Crippen MR) is 227 cm³/mol. The van der Waals surface area contributed by atoms with Gasteiger partial charge in [0.05, 0.1) is 6.10 Å². The van der Waals surface area contributed by atoms with E-state index in [2.05, 4.69) is 130 Å². The second-order valence-corrected chi connectivity index (χ2v) is 27.7. The van der Waals surface area contributed by atoms with Crippen LogP contribution in [0.25, 0.3) is 0 Å². The number of allylic oxidation sites excluding steroid dienone is 5. The van der Waals surface area contributed by atoms with Gasteiger partial charge in [-0.2, -0.15) is 0 Å². The molecule has 1 aromatic rings. The van der Waals surface area contributed by atoms with Crippen molar-refractivity contribution in [3.63, 3.8) is 0 Å². The van der Waals surface area contributed by atoms with E-state index >= 15 is 0 Å². The third-order valence-corrected chi connectivity index (χ3v) is 20.4. The maximum Gasteiger partial charge on any atom is 0.330 e. The van der Waals surface area contributed by atoms with E-state index in [1.165, 1.54) is 16.7 Å². The Labute approximate surface area is 326 Å². The van der Waals surface area contributed by atoms with Gasteiger partial charge in [0.15, 0.2) is 16.6 Å². The Morgan fingerprint density at radius 1 is 1.00 bits per heavy atom. The van der Waals surface area contributed by atoms with Crippen LogP contribution in [0.5, 0.6) is 0 Å². The van der Waals surface area contributed by atoms with Gasteiger partial charge < -0.3 is 18.3 Å². The highest BCUT2D eigenvalue weighted by Gasteiger charge is 2.40. The van der Waals surface area contributed by atoms with E-state index in [4.69, 9.17) is 18.3 Å². The maximum absolute atomic E-state index is 13.8. The highest BCUT2D eigenvalue weighted by molar-refractivity contribution is 6.74. The molecule has 0 aromatic heterocycles. The summed E-state index contributed by atoms with van der Waals surface area (Å²) in [4.78, 5) is 26.6. The van der Waals surface area contributed by atoms with Gasteiger partial charge in [-0.1, -0.05) is 120 Å². The molecule has 0 unspecified atom stereocenters. The maximum atomic E-state index is 13.8. The molecule has 0 N–H and O–H groups in total. The van der Waals surface area contributed by atoms with Crippen LogP contribution in [0.1, 0.15) is 126 Å². The molecule has 0 saturated heterocycles. The molecule has 298 valence electrons. The molecule has 0 radical (unpaired) electrons. The molecule has 1 aliphatic rings. The molecule has 0 amide bonds. The molecule has 2 rings (SSSR count). The van der Waals surface area contributed by atoms with Crippen LogP contribution < -0.4 is 0 Å². The minimum atomic E-state index is -2.17. The molecule has 0 fully saturated rings. The standard InChI is InChI=1S/C45H74O6Si2/c1-14-42(46)49-39(28-26-35(2)25-27-37-22-18-16-19-23-37)33-40-34-41(51-53(12,13)45(7,8)9)31-36(3)21-17-15-20-24-38(32-43(47)50-40)29-30-48-52(10,11)44(4,5)6/h15-16,18-23,25,32,39-41H,14,17,24,26-31,33-34H2,1-13H3/b20-15+,35-25+,36-21+,38-32+/t39-,40+,41-/m1/s1. The monoisotopic (exact) mass is 767 g/mol. The Balaban J connectivity index is 2.44. The summed E-state index contributed by atoms with van der Waals surface area (Å²) in [6.45, 7) is 29.2. The number of esters is 2. The van der Waals surface area contributed by atoms with Crippen molar-refractivity contribution in [1.82, 2.24) is 0 Å². The van der Waals surface area contributed by atoms with Gasteiger partial charge in [-0.05, 0) is 101 Å². The second kappa shape index (κ2) is 21.5. The zero-order chi connectivity index (χ0) is 39.9. The Hall–Kier alpha value is -2.53.